The molecule has 0 saturated heterocycles. The van der Waals surface area contributed by atoms with Crippen LogP contribution in [0.5, 0.6) is 0 Å². The molecule has 3 aromatic rings. The number of nitrogens with one attached hydrogen (secondary N) is 2. The van der Waals surface area contributed by atoms with Crippen LogP contribution in [0, 0.1) is 4.77 Å². The van der Waals surface area contributed by atoms with Crippen LogP contribution in [-0.4, -0.2) is 9.97 Å². The Morgan fingerprint density at radius 1 is 1.10 bits per heavy atom. The predicted octanol–water partition coefficient (Wildman–Crippen LogP) is 5.34. The Bertz CT molecular complexity index is 845. The molecule has 2 aromatic carbocycles. The van der Waals surface area contributed by atoms with Crippen molar-refractivity contribution in [3.8, 4) is 0 Å². The Labute approximate surface area is 130 Å². The standard InChI is InChI=1S/C14H9Cl2N3S/c15-8-5-6-11-9(7-8)13(19-14(20)18-11)17-12-4-2-1-3-10(12)16/h1-7H,(H2,17,18,19,20). The van der Waals surface area contributed by atoms with Crippen LogP contribution in [0.2, 0.25) is 10.0 Å². The van der Waals surface area contributed by atoms with Crippen LogP contribution in [0.15, 0.2) is 42.5 Å². The van der Waals surface area contributed by atoms with E-state index in [9.17, 15) is 0 Å². The van der Waals surface area contributed by atoms with E-state index in [0.29, 0.717) is 20.6 Å². The van der Waals surface area contributed by atoms with E-state index in [1.165, 1.54) is 0 Å². The lowest BCUT2D eigenvalue weighted by molar-refractivity contribution is 1.18. The molecular weight excluding hydrogens is 313 g/mol. The van der Waals surface area contributed by atoms with E-state index in [-0.39, 0.29) is 0 Å². The maximum absolute atomic E-state index is 6.15. The fourth-order valence-electron chi connectivity index (χ4n) is 1.91. The number of fused-ring (bicyclic) bond motifs is 1. The number of anilines is 2. The molecule has 0 aliphatic heterocycles. The zero-order valence-corrected chi connectivity index (χ0v) is 12.5. The molecule has 0 amide bonds. The summed E-state index contributed by atoms with van der Waals surface area (Å²) >= 11 is 17.3. The topological polar surface area (TPSA) is 40.7 Å². The minimum absolute atomic E-state index is 0.398. The van der Waals surface area contributed by atoms with Crippen LogP contribution in [0.1, 0.15) is 0 Å². The first kappa shape index (κ1) is 13.4. The third kappa shape index (κ3) is 2.63. The second-order valence-electron chi connectivity index (χ2n) is 4.19. The van der Waals surface area contributed by atoms with E-state index in [4.69, 9.17) is 35.4 Å². The number of benzene rings is 2. The Morgan fingerprint density at radius 2 is 1.90 bits per heavy atom. The molecule has 0 bridgehead atoms. The molecule has 100 valence electrons. The first-order valence-electron chi connectivity index (χ1n) is 5.84. The van der Waals surface area contributed by atoms with Crippen molar-refractivity contribution in [2.75, 3.05) is 5.32 Å². The van der Waals surface area contributed by atoms with E-state index in [1.807, 2.05) is 36.4 Å². The zero-order valence-electron chi connectivity index (χ0n) is 10.2. The molecule has 0 aliphatic rings. The van der Waals surface area contributed by atoms with Crippen molar-refractivity contribution >= 4 is 57.8 Å². The number of hydrogen-bond donors (Lipinski definition) is 2. The molecule has 0 radical (unpaired) electrons. The highest BCUT2D eigenvalue weighted by Gasteiger charge is 2.07. The van der Waals surface area contributed by atoms with Crippen molar-refractivity contribution in [2.45, 2.75) is 0 Å². The first-order chi connectivity index (χ1) is 9.63. The highest BCUT2D eigenvalue weighted by Crippen LogP contribution is 2.29. The fourth-order valence-corrected chi connectivity index (χ4v) is 2.47. The third-order valence-electron chi connectivity index (χ3n) is 2.82. The van der Waals surface area contributed by atoms with Gasteiger partial charge in [-0.1, -0.05) is 35.3 Å². The smallest absolute Gasteiger partial charge is 0.199 e. The van der Waals surface area contributed by atoms with Crippen molar-refractivity contribution < 1.29 is 0 Å². The predicted molar refractivity (Wildman–Crippen MR) is 86.7 cm³/mol. The number of para-hydroxylation sites is 1. The highest BCUT2D eigenvalue weighted by molar-refractivity contribution is 7.71. The molecule has 2 N–H and O–H groups in total. The van der Waals surface area contributed by atoms with Gasteiger partial charge in [0.2, 0.25) is 0 Å². The van der Waals surface area contributed by atoms with Crippen LogP contribution in [0.3, 0.4) is 0 Å². The van der Waals surface area contributed by atoms with Gasteiger partial charge in [-0.05, 0) is 42.5 Å². The molecule has 0 fully saturated rings. The SMILES string of the molecule is S=c1nc(Nc2ccccc2Cl)c2cc(Cl)ccc2[nH]1. The van der Waals surface area contributed by atoms with Crippen LogP contribution in [0.25, 0.3) is 10.9 Å². The van der Waals surface area contributed by atoms with E-state index in [2.05, 4.69) is 15.3 Å². The molecule has 0 unspecified atom stereocenters. The lowest BCUT2D eigenvalue weighted by atomic mass is 10.2. The molecule has 1 heterocycles. The Balaban J connectivity index is 2.18. The number of H-pyrrole nitrogens is 1. The highest BCUT2D eigenvalue weighted by atomic mass is 35.5. The molecule has 1 aromatic heterocycles. The number of rotatable bonds is 2. The summed E-state index contributed by atoms with van der Waals surface area (Å²) in [6.07, 6.45) is 0. The molecule has 0 aliphatic carbocycles. The normalized spacial score (nSPS) is 10.7. The van der Waals surface area contributed by atoms with Gasteiger partial charge in [0.05, 0.1) is 16.2 Å². The van der Waals surface area contributed by atoms with Crippen LogP contribution in [0.4, 0.5) is 11.5 Å². The van der Waals surface area contributed by atoms with Crippen LogP contribution in [-0.2, 0) is 0 Å². The van der Waals surface area contributed by atoms with Gasteiger partial charge in [-0.15, -0.1) is 0 Å². The summed E-state index contributed by atoms with van der Waals surface area (Å²) in [7, 11) is 0. The van der Waals surface area contributed by atoms with Crippen molar-refractivity contribution in [1.29, 1.82) is 0 Å². The first-order valence-corrected chi connectivity index (χ1v) is 7.01. The third-order valence-corrected chi connectivity index (χ3v) is 3.58. The molecule has 0 atom stereocenters. The van der Waals surface area contributed by atoms with Gasteiger partial charge >= 0.3 is 0 Å². The second-order valence-corrected chi connectivity index (χ2v) is 5.42. The van der Waals surface area contributed by atoms with Crippen molar-refractivity contribution in [3.63, 3.8) is 0 Å². The second kappa shape index (κ2) is 5.40. The van der Waals surface area contributed by atoms with Gasteiger partial charge < -0.3 is 10.3 Å². The average Bonchev–Trinajstić information content (AvgIpc) is 2.42. The summed E-state index contributed by atoms with van der Waals surface area (Å²) in [6, 6.07) is 12.9. The number of aromatic amines is 1. The Morgan fingerprint density at radius 3 is 2.70 bits per heavy atom. The number of halogens is 2. The lowest BCUT2D eigenvalue weighted by Gasteiger charge is -2.10. The largest absolute Gasteiger partial charge is 0.338 e. The van der Waals surface area contributed by atoms with Crippen LogP contribution < -0.4 is 5.32 Å². The van der Waals surface area contributed by atoms with E-state index in [0.717, 1.165) is 16.6 Å². The van der Waals surface area contributed by atoms with Gasteiger partial charge in [-0.2, -0.15) is 0 Å². The fraction of sp³-hybridized carbons (Fsp3) is 0. The molecular formula is C14H9Cl2N3S. The van der Waals surface area contributed by atoms with Gasteiger partial charge in [0.15, 0.2) is 4.77 Å². The van der Waals surface area contributed by atoms with Gasteiger partial charge in [-0.25, -0.2) is 4.98 Å². The Hall–Kier alpha value is -1.62. The van der Waals surface area contributed by atoms with Gasteiger partial charge in [0.1, 0.15) is 5.82 Å². The lowest BCUT2D eigenvalue weighted by Crippen LogP contribution is -1.97. The van der Waals surface area contributed by atoms with E-state index < -0.39 is 0 Å². The molecule has 0 saturated carbocycles. The summed E-state index contributed by atoms with van der Waals surface area (Å²) in [5.74, 6) is 0.624. The molecule has 3 nitrogen and oxygen atoms in total. The molecule has 6 heteroatoms. The van der Waals surface area contributed by atoms with Gasteiger partial charge in [0, 0.05) is 10.4 Å². The maximum Gasteiger partial charge on any atom is 0.199 e. The van der Waals surface area contributed by atoms with Crippen LogP contribution >= 0.6 is 35.4 Å². The van der Waals surface area contributed by atoms with Crippen molar-refractivity contribution in [2.24, 2.45) is 0 Å². The minimum Gasteiger partial charge on any atom is -0.338 e. The van der Waals surface area contributed by atoms with Gasteiger partial charge in [0.25, 0.3) is 0 Å². The molecule has 20 heavy (non-hydrogen) atoms. The maximum atomic E-state index is 6.15. The summed E-state index contributed by atoms with van der Waals surface area (Å²) in [5.41, 5.74) is 1.63. The van der Waals surface area contributed by atoms with Crippen molar-refractivity contribution in [1.82, 2.24) is 9.97 Å². The average molecular weight is 322 g/mol. The number of hydrogen-bond acceptors (Lipinski definition) is 3. The van der Waals surface area contributed by atoms with Gasteiger partial charge in [-0.3, -0.25) is 0 Å². The summed E-state index contributed by atoms with van der Waals surface area (Å²) in [4.78, 5) is 7.34. The summed E-state index contributed by atoms with van der Waals surface area (Å²) in [6.45, 7) is 0. The Kier molecular flexibility index (Phi) is 3.61. The number of aromatic nitrogens is 2. The van der Waals surface area contributed by atoms with Crippen molar-refractivity contribution in [3.05, 3.63) is 57.3 Å². The monoisotopic (exact) mass is 321 g/mol. The number of nitrogens with zero attached hydrogens (tertiary/aromatic N) is 1. The molecule has 0 spiro atoms. The quantitative estimate of drug-likeness (QED) is 0.625. The summed E-state index contributed by atoms with van der Waals surface area (Å²) in [5, 5.41) is 5.29. The molecule has 3 rings (SSSR count). The zero-order chi connectivity index (χ0) is 14.1. The minimum atomic E-state index is 0.398. The summed E-state index contributed by atoms with van der Waals surface area (Å²) < 4.78 is 0.398. The van der Waals surface area contributed by atoms with E-state index in [1.54, 1.807) is 6.07 Å². The van der Waals surface area contributed by atoms with E-state index >= 15 is 0 Å².